The number of hydrogen-bond donors (Lipinski definition) is 1. The minimum Gasteiger partial charge on any atom is -0.393 e. The summed E-state index contributed by atoms with van der Waals surface area (Å²) in [6.07, 6.45) is 0.925. The number of rotatable bonds is 3. The number of aliphatic hydroxyl groups excluding tert-OH is 1. The second-order valence-electron chi connectivity index (χ2n) is 3.54. The first-order valence-corrected chi connectivity index (χ1v) is 7.16. The lowest BCUT2D eigenvalue weighted by Gasteiger charge is -2.11. The summed E-state index contributed by atoms with van der Waals surface area (Å²) >= 11 is 3.29. The number of hydrogen-bond acceptors (Lipinski definition) is 3. The molecule has 0 saturated carbocycles. The highest BCUT2D eigenvalue weighted by Crippen LogP contribution is 2.25. The zero-order valence-corrected chi connectivity index (χ0v) is 11.0. The molecule has 0 aliphatic carbocycles. The maximum Gasteiger partial charge on any atom is 0.175 e. The van der Waals surface area contributed by atoms with Crippen molar-refractivity contribution in [2.75, 3.05) is 6.26 Å². The van der Waals surface area contributed by atoms with E-state index in [0.717, 1.165) is 0 Å². The molecule has 15 heavy (non-hydrogen) atoms. The molecule has 0 fully saturated rings. The van der Waals surface area contributed by atoms with Crippen molar-refractivity contribution in [1.29, 1.82) is 0 Å². The highest BCUT2D eigenvalue weighted by atomic mass is 79.9. The van der Waals surface area contributed by atoms with E-state index in [1.54, 1.807) is 25.1 Å². The zero-order valence-electron chi connectivity index (χ0n) is 8.57. The van der Waals surface area contributed by atoms with Gasteiger partial charge < -0.3 is 5.11 Å². The summed E-state index contributed by atoms with van der Waals surface area (Å²) in [7, 11) is -3.24. The summed E-state index contributed by atoms with van der Waals surface area (Å²) in [6.45, 7) is 1.63. The van der Waals surface area contributed by atoms with Crippen LogP contribution in [0, 0.1) is 0 Å². The third kappa shape index (κ3) is 3.29. The Morgan fingerprint density at radius 2 is 2.07 bits per heavy atom. The molecule has 3 nitrogen and oxygen atoms in total. The van der Waals surface area contributed by atoms with Crippen molar-refractivity contribution < 1.29 is 13.5 Å². The fraction of sp³-hybridized carbons (Fsp3) is 0.400. The lowest BCUT2D eigenvalue weighted by Crippen LogP contribution is -2.10. The van der Waals surface area contributed by atoms with Crippen molar-refractivity contribution in [2.45, 2.75) is 24.3 Å². The quantitative estimate of drug-likeness (QED) is 0.924. The number of benzene rings is 1. The fourth-order valence-electron chi connectivity index (χ4n) is 1.38. The van der Waals surface area contributed by atoms with Crippen molar-refractivity contribution >= 4 is 25.8 Å². The third-order valence-corrected chi connectivity index (χ3v) is 3.90. The van der Waals surface area contributed by atoms with Crippen LogP contribution in [0.2, 0.25) is 0 Å². The number of aliphatic hydroxyl groups is 1. The van der Waals surface area contributed by atoms with Crippen LogP contribution in [0.5, 0.6) is 0 Å². The van der Waals surface area contributed by atoms with E-state index < -0.39 is 15.9 Å². The summed E-state index contributed by atoms with van der Waals surface area (Å²) in [5, 5.41) is 9.30. The average Bonchev–Trinajstić information content (AvgIpc) is 2.05. The molecule has 5 heteroatoms. The Hall–Kier alpha value is -0.390. The summed E-state index contributed by atoms with van der Waals surface area (Å²) in [5.41, 5.74) is 0.634. The fourth-order valence-corrected chi connectivity index (χ4v) is 3.01. The predicted molar refractivity (Wildman–Crippen MR) is 62.6 cm³/mol. The first-order valence-electron chi connectivity index (χ1n) is 4.48. The van der Waals surface area contributed by atoms with Crippen LogP contribution in [0.25, 0.3) is 0 Å². The molecule has 1 rings (SSSR count). The maximum absolute atomic E-state index is 11.5. The zero-order chi connectivity index (χ0) is 11.6. The summed E-state index contributed by atoms with van der Waals surface area (Å²) in [5.74, 6) is 0. The Morgan fingerprint density at radius 3 is 2.53 bits per heavy atom. The highest BCUT2D eigenvalue weighted by Gasteiger charge is 2.16. The molecule has 84 valence electrons. The SMILES string of the molecule is CC(O)Cc1c(Br)cccc1S(C)(=O)=O. The minimum atomic E-state index is -3.24. The van der Waals surface area contributed by atoms with E-state index in [0.29, 0.717) is 16.5 Å². The van der Waals surface area contributed by atoms with Crippen molar-refractivity contribution in [1.82, 2.24) is 0 Å². The molecule has 0 heterocycles. The van der Waals surface area contributed by atoms with Gasteiger partial charge in [-0.3, -0.25) is 0 Å². The van der Waals surface area contributed by atoms with Gasteiger partial charge in [-0.1, -0.05) is 22.0 Å². The van der Waals surface area contributed by atoms with E-state index in [1.165, 1.54) is 6.26 Å². The van der Waals surface area contributed by atoms with Gasteiger partial charge in [0, 0.05) is 17.1 Å². The van der Waals surface area contributed by atoms with Crippen LogP contribution in [-0.4, -0.2) is 25.9 Å². The Labute approximate surface area is 98.2 Å². The van der Waals surface area contributed by atoms with E-state index in [9.17, 15) is 13.5 Å². The molecule has 0 aliphatic heterocycles. The molecule has 0 saturated heterocycles. The predicted octanol–water partition coefficient (Wildman–Crippen LogP) is 1.78. The van der Waals surface area contributed by atoms with Gasteiger partial charge in [0.15, 0.2) is 9.84 Å². The normalized spacial score (nSPS) is 13.9. The minimum absolute atomic E-state index is 0.276. The first kappa shape index (κ1) is 12.7. The monoisotopic (exact) mass is 292 g/mol. The average molecular weight is 293 g/mol. The standard InChI is InChI=1S/C10H13BrO3S/c1-7(12)6-8-9(11)4-3-5-10(8)15(2,13)14/h3-5,7,12H,6H2,1-2H3. The molecule has 1 aromatic rings. The molecular weight excluding hydrogens is 280 g/mol. The number of sulfone groups is 1. The van der Waals surface area contributed by atoms with Gasteiger partial charge in [-0.15, -0.1) is 0 Å². The van der Waals surface area contributed by atoms with Crippen LogP contribution in [0.1, 0.15) is 12.5 Å². The van der Waals surface area contributed by atoms with Gasteiger partial charge in [0.1, 0.15) is 0 Å². The molecule has 0 amide bonds. The lowest BCUT2D eigenvalue weighted by atomic mass is 10.1. The summed E-state index contributed by atoms with van der Waals surface area (Å²) < 4.78 is 23.7. The Morgan fingerprint density at radius 1 is 1.47 bits per heavy atom. The molecule has 1 N–H and O–H groups in total. The molecular formula is C10H13BrO3S. The summed E-state index contributed by atoms with van der Waals surface area (Å²) in [6, 6.07) is 5.00. The van der Waals surface area contributed by atoms with Gasteiger partial charge in [0.05, 0.1) is 11.0 Å². The molecule has 0 radical (unpaired) electrons. The van der Waals surface area contributed by atoms with Gasteiger partial charge in [0.25, 0.3) is 0 Å². The maximum atomic E-state index is 11.5. The number of halogens is 1. The smallest absolute Gasteiger partial charge is 0.175 e. The van der Waals surface area contributed by atoms with E-state index >= 15 is 0 Å². The van der Waals surface area contributed by atoms with E-state index in [4.69, 9.17) is 0 Å². The van der Waals surface area contributed by atoms with Crippen LogP contribution in [0.15, 0.2) is 27.6 Å². The Balaban J connectivity index is 3.33. The molecule has 0 spiro atoms. The second-order valence-corrected chi connectivity index (χ2v) is 6.38. The van der Waals surface area contributed by atoms with Crippen LogP contribution < -0.4 is 0 Å². The van der Waals surface area contributed by atoms with Gasteiger partial charge >= 0.3 is 0 Å². The van der Waals surface area contributed by atoms with Crippen LogP contribution in [-0.2, 0) is 16.3 Å². The van der Waals surface area contributed by atoms with Gasteiger partial charge in [-0.05, 0) is 24.6 Å². The van der Waals surface area contributed by atoms with Gasteiger partial charge in [-0.25, -0.2) is 8.42 Å². The van der Waals surface area contributed by atoms with Gasteiger partial charge in [0.2, 0.25) is 0 Å². The Kier molecular flexibility index (Phi) is 3.92. The van der Waals surface area contributed by atoms with E-state index in [2.05, 4.69) is 15.9 Å². The van der Waals surface area contributed by atoms with Crippen LogP contribution in [0.3, 0.4) is 0 Å². The Bertz CT molecular complexity index is 452. The topological polar surface area (TPSA) is 54.4 Å². The molecule has 1 atom stereocenters. The molecule has 1 aromatic carbocycles. The first-order chi connectivity index (χ1) is 6.82. The van der Waals surface area contributed by atoms with Gasteiger partial charge in [-0.2, -0.15) is 0 Å². The highest BCUT2D eigenvalue weighted by molar-refractivity contribution is 9.10. The molecule has 0 aromatic heterocycles. The van der Waals surface area contributed by atoms with Crippen LogP contribution >= 0.6 is 15.9 Å². The molecule has 0 aliphatic rings. The molecule has 1 unspecified atom stereocenters. The van der Waals surface area contributed by atoms with E-state index in [-0.39, 0.29) is 4.90 Å². The second kappa shape index (κ2) is 4.63. The van der Waals surface area contributed by atoms with Crippen molar-refractivity contribution in [3.05, 3.63) is 28.2 Å². The van der Waals surface area contributed by atoms with E-state index in [1.807, 2.05) is 0 Å². The van der Waals surface area contributed by atoms with Crippen LogP contribution in [0.4, 0.5) is 0 Å². The van der Waals surface area contributed by atoms with Crippen molar-refractivity contribution in [2.24, 2.45) is 0 Å². The molecule has 0 bridgehead atoms. The lowest BCUT2D eigenvalue weighted by molar-refractivity contribution is 0.194. The summed E-state index contributed by atoms with van der Waals surface area (Å²) in [4.78, 5) is 0.276. The van der Waals surface area contributed by atoms with Crippen molar-refractivity contribution in [3.8, 4) is 0 Å². The van der Waals surface area contributed by atoms with Crippen molar-refractivity contribution in [3.63, 3.8) is 0 Å². The third-order valence-electron chi connectivity index (χ3n) is 1.97. The largest absolute Gasteiger partial charge is 0.393 e.